The van der Waals surface area contributed by atoms with Crippen LogP contribution in [0.4, 0.5) is 0 Å². The molecule has 2 unspecified atom stereocenters. The van der Waals surface area contributed by atoms with Crippen LogP contribution in [0.5, 0.6) is 0 Å². The lowest BCUT2D eigenvalue weighted by atomic mass is 10.2. The third-order valence-corrected chi connectivity index (χ3v) is 2.21. The fraction of sp³-hybridized carbons (Fsp3) is 0.778. The molecular weight excluding hydrogens is 172 g/mol. The highest BCUT2D eigenvalue weighted by Gasteiger charge is 2.53. The number of hydrogen-bond donors (Lipinski definition) is 0. The van der Waals surface area contributed by atoms with Crippen molar-refractivity contribution in [2.24, 2.45) is 0 Å². The van der Waals surface area contributed by atoms with Crippen LogP contribution in [0.1, 0.15) is 13.8 Å². The molecule has 0 saturated carbocycles. The largest absolute Gasteiger partial charge is 0.464 e. The summed E-state index contributed by atoms with van der Waals surface area (Å²) < 4.78 is 21.6. The number of hydrogen-bond acceptors (Lipinski definition) is 4. The first kappa shape index (κ1) is 8.99. The summed E-state index contributed by atoms with van der Waals surface area (Å²) in [5.74, 6) is 0.0150. The van der Waals surface area contributed by atoms with Gasteiger partial charge in [0.1, 0.15) is 11.9 Å². The minimum absolute atomic E-state index is 0.188. The quantitative estimate of drug-likeness (QED) is 0.612. The number of fused-ring (bicyclic) bond motifs is 1. The first-order valence-electron chi connectivity index (χ1n) is 4.27. The van der Waals surface area contributed by atoms with Gasteiger partial charge in [-0.1, -0.05) is 6.58 Å². The molecule has 2 aliphatic rings. The molecule has 13 heavy (non-hydrogen) atoms. The van der Waals surface area contributed by atoms with Gasteiger partial charge in [0, 0.05) is 7.11 Å². The average molecular weight is 186 g/mol. The van der Waals surface area contributed by atoms with Crippen molar-refractivity contribution in [3.63, 3.8) is 0 Å². The molecule has 2 heterocycles. The smallest absolute Gasteiger partial charge is 0.228 e. The van der Waals surface area contributed by atoms with E-state index < -0.39 is 5.79 Å². The molecule has 2 rings (SSSR count). The zero-order chi connectivity index (χ0) is 9.64. The fourth-order valence-electron chi connectivity index (χ4n) is 1.70. The summed E-state index contributed by atoms with van der Waals surface area (Å²) in [6.07, 6.45) is -0.772. The predicted octanol–water partition coefficient (Wildman–Crippen LogP) is 1.02. The van der Waals surface area contributed by atoms with E-state index in [0.29, 0.717) is 5.76 Å². The van der Waals surface area contributed by atoms with E-state index in [1.165, 1.54) is 0 Å². The van der Waals surface area contributed by atoms with Crippen molar-refractivity contribution in [1.29, 1.82) is 0 Å². The maximum Gasteiger partial charge on any atom is 0.228 e. The van der Waals surface area contributed by atoms with Crippen LogP contribution in [-0.2, 0) is 18.9 Å². The van der Waals surface area contributed by atoms with E-state index in [2.05, 4.69) is 6.58 Å². The molecule has 0 aromatic carbocycles. The first-order valence-corrected chi connectivity index (χ1v) is 4.27. The predicted molar refractivity (Wildman–Crippen MR) is 44.8 cm³/mol. The Hall–Kier alpha value is -0.580. The summed E-state index contributed by atoms with van der Waals surface area (Å²) in [4.78, 5) is 0. The molecule has 0 aliphatic carbocycles. The second kappa shape index (κ2) is 2.70. The Morgan fingerprint density at radius 3 is 2.69 bits per heavy atom. The molecule has 0 aromatic rings. The van der Waals surface area contributed by atoms with Crippen LogP contribution < -0.4 is 0 Å². The van der Waals surface area contributed by atoms with Gasteiger partial charge in [0.2, 0.25) is 6.29 Å². The second-order valence-electron chi connectivity index (χ2n) is 3.71. The molecule has 74 valence electrons. The highest BCUT2D eigenvalue weighted by Crippen LogP contribution is 2.39. The Kier molecular flexibility index (Phi) is 1.87. The minimum atomic E-state index is -0.571. The van der Waals surface area contributed by atoms with Crippen molar-refractivity contribution >= 4 is 0 Å². The maximum atomic E-state index is 5.61. The fourth-order valence-corrected chi connectivity index (χ4v) is 1.70. The van der Waals surface area contributed by atoms with E-state index in [4.69, 9.17) is 18.9 Å². The molecule has 2 saturated heterocycles. The Bertz CT molecular complexity index is 236. The SMILES string of the molecule is C=C1O[C@@H](OC)C2OC(C)(C)OC12. The first-order chi connectivity index (χ1) is 6.03. The number of rotatable bonds is 1. The third kappa shape index (κ3) is 1.35. The van der Waals surface area contributed by atoms with Gasteiger partial charge in [-0.3, -0.25) is 0 Å². The van der Waals surface area contributed by atoms with Crippen LogP contribution in [0, 0.1) is 0 Å². The van der Waals surface area contributed by atoms with Crippen LogP contribution in [0.15, 0.2) is 12.3 Å². The zero-order valence-corrected chi connectivity index (χ0v) is 8.07. The maximum absolute atomic E-state index is 5.61. The zero-order valence-electron chi connectivity index (χ0n) is 8.07. The standard InChI is InChI=1S/C9H14O4/c1-5-6-7(8(10-4)11-5)13-9(2,3)12-6/h6-8H,1H2,2-4H3/t6?,7?,8-/m1/s1. The normalized spacial score (nSPS) is 41.8. The third-order valence-electron chi connectivity index (χ3n) is 2.21. The molecule has 0 aromatic heterocycles. The van der Waals surface area contributed by atoms with Gasteiger partial charge < -0.3 is 18.9 Å². The van der Waals surface area contributed by atoms with E-state index in [1.807, 2.05) is 13.8 Å². The molecule has 2 fully saturated rings. The summed E-state index contributed by atoms with van der Waals surface area (Å²) in [5, 5.41) is 0. The molecule has 0 spiro atoms. The molecule has 0 amide bonds. The van der Waals surface area contributed by atoms with Crippen LogP contribution in [0.3, 0.4) is 0 Å². The van der Waals surface area contributed by atoms with Crippen LogP contribution in [-0.4, -0.2) is 31.4 Å². The van der Waals surface area contributed by atoms with Crippen molar-refractivity contribution < 1.29 is 18.9 Å². The molecule has 0 radical (unpaired) electrons. The van der Waals surface area contributed by atoms with E-state index >= 15 is 0 Å². The Morgan fingerprint density at radius 2 is 2.08 bits per heavy atom. The van der Waals surface area contributed by atoms with Gasteiger partial charge in [0.15, 0.2) is 11.9 Å². The van der Waals surface area contributed by atoms with Crippen molar-refractivity contribution in [2.75, 3.05) is 7.11 Å². The van der Waals surface area contributed by atoms with E-state index in [0.717, 1.165) is 0 Å². The summed E-state index contributed by atoms with van der Waals surface area (Å²) in [5.41, 5.74) is 0. The summed E-state index contributed by atoms with van der Waals surface area (Å²) >= 11 is 0. The molecular formula is C9H14O4. The topological polar surface area (TPSA) is 36.9 Å². The molecule has 0 N–H and O–H groups in total. The minimum Gasteiger partial charge on any atom is -0.464 e. The van der Waals surface area contributed by atoms with Crippen molar-refractivity contribution in [3.05, 3.63) is 12.3 Å². The van der Waals surface area contributed by atoms with Crippen LogP contribution in [0.2, 0.25) is 0 Å². The van der Waals surface area contributed by atoms with Crippen molar-refractivity contribution in [3.8, 4) is 0 Å². The van der Waals surface area contributed by atoms with Gasteiger partial charge >= 0.3 is 0 Å². The van der Waals surface area contributed by atoms with Gasteiger partial charge in [-0.25, -0.2) is 0 Å². The van der Waals surface area contributed by atoms with Gasteiger partial charge in [0.25, 0.3) is 0 Å². The average Bonchev–Trinajstić information content (AvgIpc) is 2.47. The molecule has 4 nitrogen and oxygen atoms in total. The van der Waals surface area contributed by atoms with Gasteiger partial charge in [-0.15, -0.1) is 0 Å². The van der Waals surface area contributed by atoms with Crippen molar-refractivity contribution in [2.45, 2.75) is 38.1 Å². The molecule has 2 aliphatic heterocycles. The summed E-state index contributed by atoms with van der Waals surface area (Å²) in [6.45, 7) is 7.49. The Balaban J connectivity index is 2.17. The number of ether oxygens (including phenoxy) is 4. The van der Waals surface area contributed by atoms with Crippen LogP contribution in [0.25, 0.3) is 0 Å². The Morgan fingerprint density at radius 1 is 1.38 bits per heavy atom. The number of methoxy groups -OCH3 is 1. The van der Waals surface area contributed by atoms with Gasteiger partial charge in [0.05, 0.1) is 0 Å². The van der Waals surface area contributed by atoms with E-state index in [9.17, 15) is 0 Å². The van der Waals surface area contributed by atoms with Gasteiger partial charge in [-0.2, -0.15) is 0 Å². The lowest BCUT2D eigenvalue weighted by Gasteiger charge is -2.21. The molecule has 4 heteroatoms. The van der Waals surface area contributed by atoms with E-state index in [1.54, 1.807) is 7.11 Å². The molecule has 0 bridgehead atoms. The molecule has 3 atom stereocenters. The lowest BCUT2D eigenvalue weighted by Crippen LogP contribution is -2.30. The van der Waals surface area contributed by atoms with Gasteiger partial charge in [-0.05, 0) is 13.8 Å². The second-order valence-corrected chi connectivity index (χ2v) is 3.71. The lowest BCUT2D eigenvalue weighted by molar-refractivity contribution is -0.201. The van der Waals surface area contributed by atoms with E-state index in [-0.39, 0.29) is 18.5 Å². The Labute approximate surface area is 77.4 Å². The monoisotopic (exact) mass is 186 g/mol. The van der Waals surface area contributed by atoms with Crippen LogP contribution >= 0.6 is 0 Å². The van der Waals surface area contributed by atoms with Crippen molar-refractivity contribution in [1.82, 2.24) is 0 Å². The summed E-state index contributed by atoms with van der Waals surface area (Å²) in [7, 11) is 1.58. The highest BCUT2D eigenvalue weighted by atomic mass is 16.8. The highest BCUT2D eigenvalue weighted by molar-refractivity contribution is 5.08. The summed E-state index contributed by atoms with van der Waals surface area (Å²) in [6, 6.07) is 0.